The SMILES string of the molecule is c1ccc2c(c1)ccc1ccncc12.c1ccc2c(c1)ccc1cnccc12.c1ccc2cc3cnccc3cc2c1. The second-order valence-corrected chi connectivity index (χ2v) is 10.2. The molecule has 0 unspecified atom stereocenters. The van der Waals surface area contributed by atoms with Crippen LogP contribution in [0.15, 0.2) is 165 Å². The number of benzene rings is 6. The molecule has 3 heterocycles. The molecular weight excluding hydrogens is 510 g/mol. The molecule has 6 aromatic carbocycles. The van der Waals surface area contributed by atoms with Crippen LogP contribution < -0.4 is 0 Å². The van der Waals surface area contributed by atoms with E-state index in [0.717, 1.165) is 0 Å². The van der Waals surface area contributed by atoms with Gasteiger partial charge in [0.05, 0.1) is 0 Å². The van der Waals surface area contributed by atoms with Gasteiger partial charge >= 0.3 is 0 Å². The standard InChI is InChI=1S/3C13H9N/c1-2-4-11-8-13-9-14-6-5-12(13)7-10(11)3-1;1-2-4-12-10(3-1)5-6-11-9-14-8-7-13(11)12;1-2-4-12-10(3-1)5-6-11-7-8-14-9-13(11)12/h3*1-9H. The highest BCUT2D eigenvalue weighted by molar-refractivity contribution is 6.07. The summed E-state index contributed by atoms with van der Waals surface area (Å²) in [4.78, 5) is 12.4. The van der Waals surface area contributed by atoms with Crippen molar-refractivity contribution < 1.29 is 0 Å². The number of rotatable bonds is 0. The van der Waals surface area contributed by atoms with Gasteiger partial charge in [0, 0.05) is 53.3 Å². The van der Waals surface area contributed by atoms with Gasteiger partial charge in [-0.3, -0.25) is 15.0 Å². The minimum atomic E-state index is 1.20. The fourth-order valence-corrected chi connectivity index (χ4v) is 5.47. The van der Waals surface area contributed by atoms with E-state index < -0.39 is 0 Å². The molecule has 3 heteroatoms. The minimum absolute atomic E-state index is 1.20. The largest absolute Gasteiger partial charge is 0.264 e. The van der Waals surface area contributed by atoms with E-state index in [1.54, 1.807) is 0 Å². The van der Waals surface area contributed by atoms with Gasteiger partial charge < -0.3 is 0 Å². The smallest absolute Gasteiger partial charge is 0.0352 e. The predicted molar refractivity (Wildman–Crippen MR) is 178 cm³/mol. The van der Waals surface area contributed by atoms with Gasteiger partial charge in [-0.2, -0.15) is 0 Å². The Labute approximate surface area is 243 Å². The Morgan fingerprint density at radius 1 is 0.262 bits per heavy atom. The summed E-state index contributed by atoms with van der Waals surface area (Å²) in [5.74, 6) is 0. The van der Waals surface area contributed by atoms with Crippen LogP contribution in [-0.2, 0) is 0 Å². The highest BCUT2D eigenvalue weighted by atomic mass is 14.6. The summed E-state index contributed by atoms with van der Waals surface area (Å²) < 4.78 is 0. The summed E-state index contributed by atoms with van der Waals surface area (Å²) in [5.41, 5.74) is 0. The van der Waals surface area contributed by atoms with Crippen LogP contribution in [0.1, 0.15) is 0 Å². The monoisotopic (exact) mass is 537 g/mol. The molecule has 0 N–H and O–H groups in total. The topological polar surface area (TPSA) is 38.7 Å². The third-order valence-electron chi connectivity index (χ3n) is 7.60. The molecule has 0 aliphatic rings. The first-order valence-corrected chi connectivity index (χ1v) is 14.0. The molecule has 0 spiro atoms. The molecular formula is C39H27N3. The Balaban J connectivity index is 0.000000103. The second kappa shape index (κ2) is 11.4. The zero-order chi connectivity index (χ0) is 28.1. The number of fused-ring (bicyclic) bond motifs is 8. The first-order valence-electron chi connectivity index (χ1n) is 14.0. The van der Waals surface area contributed by atoms with Gasteiger partial charge in [0.25, 0.3) is 0 Å². The number of nitrogens with zero attached hydrogens (tertiary/aromatic N) is 3. The van der Waals surface area contributed by atoms with E-state index in [-0.39, 0.29) is 0 Å². The molecule has 3 nitrogen and oxygen atoms in total. The van der Waals surface area contributed by atoms with Crippen molar-refractivity contribution in [3.63, 3.8) is 0 Å². The van der Waals surface area contributed by atoms with Crippen LogP contribution in [0.5, 0.6) is 0 Å². The van der Waals surface area contributed by atoms with Crippen LogP contribution in [0, 0.1) is 0 Å². The number of pyridine rings is 3. The van der Waals surface area contributed by atoms with Gasteiger partial charge in [-0.1, -0.05) is 97.1 Å². The Kier molecular flexibility index (Phi) is 6.89. The van der Waals surface area contributed by atoms with E-state index in [0.29, 0.717) is 0 Å². The molecule has 0 radical (unpaired) electrons. The number of aromatic nitrogens is 3. The maximum absolute atomic E-state index is 4.16. The van der Waals surface area contributed by atoms with Crippen LogP contribution in [0.3, 0.4) is 0 Å². The average molecular weight is 538 g/mol. The molecule has 0 amide bonds. The van der Waals surface area contributed by atoms with Crippen molar-refractivity contribution in [3.8, 4) is 0 Å². The first kappa shape index (κ1) is 25.3. The Morgan fingerprint density at radius 3 is 1.36 bits per heavy atom. The fourth-order valence-electron chi connectivity index (χ4n) is 5.47. The predicted octanol–water partition coefficient (Wildman–Crippen LogP) is 10.2. The molecule has 0 saturated carbocycles. The summed E-state index contributed by atoms with van der Waals surface area (Å²) >= 11 is 0. The molecule has 0 aliphatic heterocycles. The van der Waals surface area contributed by atoms with E-state index >= 15 is 0 Å². The zero-order valence-electron chi connectivity index (χ0n) is 22.9. The molecule has 0 aliphatic carbocycles. The lowest BCUT2D eigenvalue weighted by atomic mass is 10.0. The fraction of sp³-hybridized carbons (Fsp3) is 0. The summed E-state index contributed by atoms with van der Waals surface area (Å²) in [6.07, 6.45) is 11.2. The van der Waals surface area contributed by atoms with Crippen molar-refractivity contribution in [3.05, 3.63) is 165 Å². The summed E-state index contributed by atoms with van der Waals surface area (Å²) in [5, 5.41) is 15.1. The minimum Gasteiger partial charge on any atom is -0.264 e. The van der Waals surface area contributed by atoms with Crippen molar-refractivity contribution in [1.82, 2.24) is 15.0 Å². The molecule has 9 aromatic rings. The maximum atomic E-state index is 4.16. The molecule has 42 heavy (non-hydrogen) atoms. The van der Waals surface area contributed by atoms with Gasteiger partial charge in [0.2, 0.25) is 0 Å². The molecule has 198 valence electrons. The van der Waals surface area contributed by atoms with Gasteiger partial charge in [0.1, 0.15) is 0 Å². The van der Waals surface area contributed by atoms with E-state index in [2.05, 4.69) is 130 Å². The van der Waals surface area contributed by atoms with Crippen LogP contribution in [0.2, 0.25) is 0 Å². The first-order chi connectivity index (χ1) is 20.8. The number of hydrogen-bond donors (Lipinski definition) is 0. The molecule has 0 bridgehead atoms. The maximum Gasteiger partial charge on any atom is 0.0352 e. The van der Waals surface area contributed by atoms with E-state index in [1.165, 1.54) is 64.6 Å². The summed E-state index contributed by atoms with van der Waals surface area (Å²) in [6.45, 7) is 0. The average Bonchev–Trinajstić information content (AvgIpc) is 3.08. The van der Waals surface area contributed by atoms with Gasteiger partial charge in [-0.25, -0.2) is 0 Å². The van der Waals surface area contributed by atoms with Crippen LogP contribution in [-0.4, -0.2) is 15.0 Å². The third-order valence-corrected chi connectivity index (χ3v) is 7.60. The second-order valence-electron chi connectivity index (χ2n) is 10.2. The molecule has 9 rings (SSSR count). The highest BCUT2D eigenvalue weighted by Crippen LogP contribution is 2.25. The Hall–Kier alpha value is -5.67. The summed E-state index contributed by atoms with van der Waals surface area (Å²) in [6, 6.07) is 44.3. The van der Waals surface area contributed by atoms with E-state index in [1.807, 2.05) is 49.3 Å². The summed E-state index contributed by atoms with van der Waals surface area (Å²) in [7, 11) is 0. The van der Waals surface area contributed by atoms with Crippen LogP contribution >= 0.6 is 0 Å². The number of hydrogen-bond acceptors (Lipinski definition) is 3. The zero-order valence-corrected chi connectivity index (χ0v) is 22.9. The van der Waals surface area contributed by atoms with Crippen molar-refractivity contribution in [2.24, 2.45) is 0 Å². The van der Waals surface area contributed by atoms with Crippen molar-refractivity contribution in [2.45, 2.75) is 0 Å². The normalized spacial score (nSPS) is 10.9. The van der Waals surface area contributed by atoms with E-state index in [9.17, 15) is 0 Å². The molecule has 0 saturated heterocycles. The molecule has 3 aromatic heterocycles. The van der Waals surface area contributed by atoms with Gasteiger partial charge in [-0.05, 0) is 78.8 Å². The van der Waals surface area contributed by atoms with Crippen molar-refractivity contribution in [2.75, 3.05) is 0 Å². The lowest BCUT2D eigenvalue weighted by Crippen LogP contribution is -1.78. The van der Waals surface area contributed by atoms with Crippen molar-refractivity contribution in [1.29, 1.82) is 0 Å². The Bertz CT molecular complexity index is 1980. The Morgan fingerprint density at radius 2 is 0.667 bits per heavy atom. The van der Waals surface area contributed by atoms with E-state index in [4.69, 9.17) is 0 Å². The van der Waals surface area contributed by atoms with Crippen LogP contribution in [0.25, 0.3) is 64.6 Å². The van der Waals surface area contributed by atoms with Gasteiger partial charge in [-0.15, -0.1) is 0 Å². The van der Waals surface area contributed by atoms with Crippen molar-refractivity contribution >= 4 is 64.6 Å². The van der Waals surface area contributed by atoms with Crippen LogP contribution in [0.4, 0.5) is 0 Å². The molecule has 0 fully saturated rings. The molecule has 0 atom stereocenters. The van der Waals surface area contributed by atoms with Gasteiger partial charge in [0.15, 0.2) is 0 Å². The third kappa shape index (κ3) is 5.12. The quantitative estimate of drug-likeness (QED) is 0.143. The lowest BCUT2D eigenvalue weighted by Gasteiger charge is -2.01. The highest BCUT2D eigenvalue weighted by Gasteiger charge is 1.99. The lowest BCUT2D eigenvalue weighted by molar-refractivity contribution is 1.37.